The molecule has 0 bridgehead atoms. The summed E-state index contributed by atoms with van der Waals surface area (Å²) >= 11 is 0. The minimum Gasteiger partial charge on any atom is -0.354 e. The normalized spacial score (nSPS) is 18.9. The van der Waals surface area contributed by atoms with E-state index in [4.69, 9.17) is 0 Å². The molecule has 4 heterocycles. The molecule has 0 aliphatic carbocycles. The van der Waals surface area contributed by atoms with Gasteiger partial charge in [-0.1, -0.05) is 12.1 Å². The Morgan fingerprint density at radius 1 is 0.935 bits per heavy atom. The molecule has 2 aromatic heterocycles. The Morgan fingerprint density at radius 2 is 1.74 bits per heavy atom. The predicted octanol–water partition coefficient (Wildman–Crippen LogP) is 3.94. The van der Waals surface area contributed by atoms with Crippen molar-refractivity contribution in [2.75, 3.05) is 19.6 Å². The third kappa shape index (κ3) is 3.43. The summed E-state index contributed by atoms with van der Waals surface area (Å²) in [5, 5.41) is 6.30. The number of nitrogens with one attached hydrogen (secondary N) is 3. The third-order valence-electron chi connectivity index (χ3n) is 6.53. The summed E-state index contributed by atoms with van der Waals surface area (Å²) < 4.78 is 0. The summed E-state index contributed by atoms with van der Waals surface area (Å²) in [4.78, 5) is 21.8. The number of aromatic amines is 2. The van der Waals surface area contributed by atoms with Crippen LogP contribution >= 0.6 is 0 Å². The molecule has 6 rings (SSSR count). The zero-order valence-electron chi connectivity index (χ0n) is 17.3. The monoisotopic (exact) mass is 411 g/mol. The quantitative estimate of drug-likeness (QED) is 0.476. The van der Waals surface area contributed by atoms with Crippen LogP contribution in [0.3, 0.4) is 0 Å². The van der Waals surface area contributed by atoms with Crippen molar-refractivity contribution in [3.05, 3.63) is 70.0 Å². The smallest absolute Gasteiger partial charge is 0.257 e. The van der Waals surface area contributed by atoms with E-state index in [1.54, 1.807) is 0 Å². The number of hydrogen-bond donors (Lipinski definition) is 3. The van der Waals surface area contributed by atoms with Crippen LogP contribution in [0.25, 0.3) is 33.1 Å². The SMILES string of the molecule is O=c1[nH]c2ccc(C3C=NNC3)cc2cc1-c1cc2cc(CN3CCCC3)ccc2[nH]1. The molecule has 3 N–H and O–H groups in total. The van der Waals surface area contributed by atoms with Gasteiger partial charge in [-0.3, -0.25) is 9.69 Å². The molecule has 31 heavy (non-hydrogen) atoms. The first kappa shape index (κ1) is 18.4. The highest BCUT2D eigenvalue weighted by atomic mass is 16.1. The average Bonchev–Trinajstić information content (AvgIpc) is 3.54. The Balaban J connectivity index is 1.37. The van der Waals surface area contributed by atoms with Gasteiger partial charge in [-0.05, 0) is 78.8 Å². The van der Waals surface area contributed by atoms with E-state index in [-0.39, 0.29) is 11.5 Å². The predicted molar refractivity (Wildman–Crippen MR) is 126 cm³/mol. The van der Waals surface area contributed by atoms with Gasteiger partial charge in [0.25, 0.3) is 5.56 Å². The zero-order chi connectivity index (χ0) is 20.8. The van der Waals surface area contributed by atoms with Crippen molar-refractivity contribution in [2.24, 2.45) is 5.10 Å². The van der Waals surface area contributed by atoms with Gasteiger partial charge in [0.1, 0.15) is 0 Å². The number of nitrogens with zero attached hydrogens (tertiary/aromatic N) is 2. The lowest BCUT2D eigenvalue weighted by molar-refractivity contribution is 0.331. The summed E-state index contributed by atoms with van der Waals surface area (Å²) in [6, 6.07) is 16.8. The number of aromatic nitrogens is 2. The van der Waals surface area contributed by atoms with Crippen LogP contribution in [0.15, 0.2) is 58.4 Å². The van der Waals surface area contributed by atoms with Gasteiger partial charge >= 0.3 is 0 Å². The van der Waals surface area contributed by atoms with Crippen LogP contribution in [0.2, 0.25) is 0 Å². The number of likely N-dealkylation sites (tertiary alicyclic amines) is 1. The molecule has 0 spiro atoms. The molecule has 0 amide bonds. The standard InChI is InChI=1S/C25H25N5O/c31-25-21(11-19-10-17(4-6-23(19)29-25)20-13-26-27-14-20)24-12-18-9-16(3-5-22(18)28-24)15-30-7-1-2-8-30/h3-6,9-13,20,27-28H,1-2,7-8,14-15H2,(H,29,31). The summed E-state index contributed by atoms with van der Waals surface area (Å²) in [7, 11) is 0. The maximum Gasteiger partial charge on any atom is 0.257 e. The van der Waals surface area contributed by atoms with E-state index in [1.807, 2.05) is 18.3 Å². The number of pyridine rings is 1. The summed E-state index contributed by atoms with van der Waals surface area (Å²) in [5.41, 5.74) is 8.88. The highest BCUT2D eigenvalue weighted by Crippen LogP contribution is 2.27. The molecule has 1 fully saturated rings. The molecule has 2 aromatic carbocycles. The average molecular weight is 412 g/mol. The van der Waals surface area contributed by atoms with E-state index in [0.717, 1.165) is 40.6 Å². The Labute approximate surface area is 180 Å². The molecule has 6 nitrogen and oxygen atoms in total. The largest absolute Gasteiger partial charge is 0.354 e. The van der Waals surface area contributed by atoms with Crippen LogP contribution in [0.4, 0.5) is 0 Å². The van der Waals surface area contributed by atoms with Crippen LogP contribution in [0.1, 0.15) is 29.9 Å². The highest BCUT2D eigenvalue weighted by molar-refractivity contribution is 5.89. The molecule has 1 atom stereocenters. The van der Waals surface area contributed by atoms with Crippen LogP contribution in [0, 0.1) is 0 Å². The third-order valence-corrected chi connectivity index (χ3v) is 6.53. The number of rotatable bonds is 4. The highest BCUT2D eigenvalue weighted by Gasteiger charge is 2.16. The van der Waals surface area contributed by atoms with Gasteiger partial charge in [-0.25, -0.2) is 0 Å². The number of hydrazone groups is 1. The van der Waals surface area contributed by atoms with Crippen LogP contribution < -0.4 is 11.0 Å². The van der Waals surface area contributed by atoms with Gasteiger partial charge in [0.05, 0.1) is 11.3 Å². The van der Waals surface area contributed by atoms with Crippen molar-refractivity contribution in [3.8, 4) is 11.3 Å². The lowest BCUT2D eigenvalue weighted by atomic mass is 9.98. The van der Waals surface area contributed by atoms with Gasteiger partial charge in [0.2, 0.25) is 0 Å². The Morgan fingerprint density at radius 3 is 2.58 bits per heavy atom. The fourth-order valence-electron chi connectivity index (χ4n) is 4.83. The van der Waals surface area contributed by atoms with Gasteiger partial charge < -0.3 is 15.4 Å². The van der Waals surface area contributed by atoms with Crippen molar-refractivity contribution < 1.29 is 0 Å². The lowest BCUT2D eigenvalue weighted by Crippen LogP contribution is -2.18. The van der Waals surface area contributed by atoms with E-state index in [1.165, 1.54) is 37.1 Å². The molecule has 2 aliphatic heterocycles. The zero-order valence-corrected chi connectivity index (χ0v) is 17.3. The molecular formula is C25H25N5O. The number of hydrogen-bond acceptors (Lipinski definition) is 4. The van der Waals surface area contributed by atoms with Crippen molar-refractivity contribution in [3.63, 3.8) is 0 Å². The summed E-state index contributed by atoms with van der Waals surface area (Å²) in [6.07, 6.45) is 4.53. The van der Waals surface area contributed by atoms with E-state index in [2.05, 4.69) is 61.8 Å². The molecule has 0 saturated carbocycles. The van der Waals surface area contributed by atoms with Gasteiger partial charge in [0.15, 0.2) is 0 Å². The van der Waals surface area contributed by atoms with Crippen LogP contribution in [0.5, 0.6) is 0 Å². The first-order chi connectivity index (χ1) is 15.2. The van der Waals surface area contributed by atoms with Crippen LogP contribution in [-0.2, 0) is 6.54 Å². The summed E-state index contributed by atoms with van der Waals surface area (Å²) in [6.45, 7) is 4.18. The molecule has 4 aromatic rings. The minimum absolute atomic E-state index is 0.0757. The van der Waals surface area contributed by atoms with E-state index in [0.29, 0.717) is 5.56 Å². The first-order valence-corrected chi connectivity index (χ1v) is 11.0. The van der Waals surface area contributed by atoms with Gasteiger partial charge in [-0.2, -0.15) is 5.10 Å². The molecule has 2 aliphatic rings. The molecule has 6 heteroatoms. The number of fused-ring (bicyclic) bond motifs is 2. The molecular weight excluding hydrogens is 386 g/mol. The maximum absolute atomic E-state index is 12.8. The maximum atomic E-state index is 12.8. The number of benzene rings is 2. The second-order valence-electron chi connectivity index (χ2n) is 8.69. The minimum atomic E-state index is -0.0757. The van der Waals surface area contributed by atoms with Crippen molar-refractivity contribution in [1.29, 1.82) is 0 Å². The van der Waals surface area contributed by atoms with E-state index in [9.17, 15) is 4.79 Å². The van der Waals surface area contributed by atoms with Gasteiger partial charge in [-0.15, -0.1) is 0 Å². The second-order valence-corrected chi connectivity index (χ2v) is 8.69. The number of H-pyrrole nitrogens is 2. The van der Waals surface area contributed by atoms with E-state index < -0.39 is 0 Å². The molecule has 0 radical (unpaired) electrons. The molecule has 1 saturated heterocycles. The Hall–Kier alpha value is -3.38. The summed E-state index contributed by atoms with van der Waals surface area (Å²) in [5.74, 6) is 0.266. The molecule has 156 valence electrons. The Kier molecular flexibility index (Phi) is 4.39. The van der Waals surface area contributed by atoms with Crippen molar-refractivity contribution in [2.45, 2.75) is 25.3 Å². The van der Waals surface area contributed by atoms with Crippen molar-refractivity contribution in [1.82, 2.24) is 20.3 Å². The fraction of sp³-hybridized carbons (Fsp3) is 0.280. The topological polar surface area (TPSA) is 76.3 Å². The van der Waals surface area contributed by atoms with Crippen LogP contribution in [-0.4, -0.2) is 40.7 Å². The van der Waals surface area contributed by atoms with Gasteiger partial charge in [0, 0.05) is 41.6 Å². The fourth-order valence-corrected chi connectivity index (χ4v) is 4.83. The lowest BCUT2D eigenvalue weighted by Gasteiger charge is -2.14. The van der Waals surface area contributed by atoms with Crippen molar-refractivity contribution >= 4 is 28.0 Å². The first-order valence-electron chi connectivity index (χ1n) is 11.0. The second kappa shape index (κ2) is 7.39. The van der Waals surface area contributed by atoms with E-state index >= 15 is 0 Å². The molecule has 1 unspecified atom stereocenters. The Bertz CT molecular complexity index is 1360.